The zero-order valence-corrected chi connectivity index (χ0v) is 10.9. The highest BCUT2D eigenvalue weighted by atomic mass is 16.3. The third-order valence-electron chi connectivity index (χ3n) is 3.33. The molecule has 6 heteroatoms. The van der Waals surface area contributed by atoms with E-state index in [1.54, 1.807) is 12.3 Å². The van der Waals surface area contributed by atoms with Gasteiger partial charge in [-0.1, -0.05) is 0 Å². The molecule has 2 heterocycles. The Bertz CT molecular complexity index is 432. The van der Waals surface area contributed by atoms with Crippen molar-refractivity contribution in [3.8, 4) is 0 Å². The first-order valence-corrected chi connectivity index (χ1v) is 6.55. The number of hydrogen-bond donors (Lipinski definition) is 3. The molecule has 1 amide bonds. The van der Waals surface area contributed by atoms with Crippen LogP contribution in [0.4, 0.5) is 5.69 Å². The Morgan fingerprint density at radius 3 is 3.11 bits per heavy atom. The molecule has 2 rings (SSSR count). The van der Waals surface area contributed by atoms with Gasteiger partial charge < -0.3 is 21.1 Å². The lowest BCUT2D eigenvalue weighted by molar-refractivity contribution is 0.0995. The number of carbonyl (C=O) groups is 1. The normalized spacial score (nSPS) is 18.5. The summed E-state index contributed by atoms with van der Waals surface area (Å²) in [6.07, 6.45) is 3.89. The number of aliphatic hydroxyl groups excluding tert-OH is 1. The maximum atomic E-state index is 11.2. The number of aliphatic hydroxyl groups is 1. The molecule has 1 fully saturated rings. The fourth-order valence-corrected chi connectivity index (χ4v) is 2.38. The topological polar surface area (TPSA) is 91.5 Å². The van der Waals surface area contributed by atoms with Crippen LogP contribution in [0.3, 0.4) is 0 Å². The highest BCUT2D eigenvalue weighted by Gasteiger charge is 2.18. The van der Waals surface area contributed by atoms with Crippen LogP contribution in [0.5, 0.6) is 0 Å². The van der Waals surface area contributed by atoms with Crippen LogP contribution in [0, 0.1) is 0 Å². The zero-order valence-electron chi connectivity index (χ0n) is 10.9. The first kappa shape index (κ1) is 13.8. The number of primary amides is 1. The maximum Gasteiger partial charge on any atom is 0.267 e. The van der Waals surface area contributed by atoms with Gasteiger partial charge in [0.15, 0.2) is 0 Å². The summed E-state index contributed by atoms with van der Waals surface area (Å²) in [7, 11) is 0. The van der Waals surface area contributed by atoms with Gasteiger partial charge in [0, 0.05) is 31.0 Å². The molecular weight excluding hydrogens is 244 g/mol. The number of nitrogens with zero attached hydrogens (tertiary/aromatic N) is 2. The van der Waals surface area contributed by atoms with E-state index in [-0.39, 0.29) is 12.3 Å². The van der Waals surface area contributed by atoms with Gasteiger partial charge in [0.2, 0.25) is 0 Å². The number of hydrogen-bond acceptors (Lipinski definition) is 5. The van der Waals surface area contributed by atoms with Crippen LogP contribution in [0.2, 0.25) is 0 Å². The Hall–Kier alpha value is -1.66. The quantitative estimate of drug-likeness (QED) is 0.658. The van der Waals surface area contributed by atoms with E-state index < -0.39 is 5.91 Å². The fourth-order valence-electron chi connectivity index (χ4n) is 2.38. The number of aromatic nitrogens is 1. The standard InChI is InChI=1S/C13H20N4O2/c14-13(19)12-8-11(3-5-16-12)17(6-7-18)9-10-2-1-4-15-10/h3,5,8,10,15,18H,1-2,4,6-7,9H2,(H2,14,19). The average molecular weight is 264 g/mol. The van der Waals surface area contributed by atoms with Gasteiger partial charge in [-0.15, -0.1) is 0 Å². The average Bonchev–Trinajstić information content (AvgIpc) is 2.91. The van der Waals surface area contributed by atoms with Crippen LogP contribution >= 0.6 is 0 Å². The number of nitrogens with one attached hydrogen (secondary N) is 1. The van der Waals surface area contributed by atoms with Crippen molar-refractivity contribution in [3.05, 3.63) is 24.0 Å². The van der Waals surface area contributed by atoms with Crippen molar-refractivity contribution in [2.75, 3.05) is 31.1 Å². The Morgan fingerprint density at radius 2 is 2.47 bits per heavy atom. The van der Waals surface area contributed by atoms with Gasteiger partial charge in [0.1, 0.15) is 5.69 Å². The Labute approximate surface area is 112 Å². The van der Waals surface area contributed by atoms with Gasteiger partial charge in [0.05, 0.1) is 6.61 Å². The molecule has 1 aliphatic heterocycles. The van der Waals surface area contributed by atoms with E-state index in [2.05, 4.69) is 15.2 Å². The van der Waals surface area contributed by atoms with Crippen LogP contribution in [-0.2, 0) is 0 Å². The van der Waals surface area contributed by atoms with Gasteiger partial charge in [-0.25, -0.2) is 0 Å². The molecule has 0 saturated carbocycles. The van der Waals surface area contributed by atoms with Crippen LogP contribution in [0.15, 0.2) is 18.3 Å². The molecular formula is C13H20N4O2. The largest absolute Gasteiger partial charge is 0.395 e. The zero-order chi connectivity index (χ0) is 13.7. The number of rotatable bonds is 6. The number of amides is 1. The fraction of sp³-hybridized carbons (Fsp3) is 0.538. The molecule has 1 atom stereocenters. The molecule has 0 radical (unpaired) electrons. The second kappa shape index (κ2) is 6.49. The molecule has 1 aliphatic rings. The molecule has 0 aliphatic carbocycles. The summed E-state index contributed by atoms with van der Waals surface area (Å²) < 4.78 is 0. The minimum absolute atomic E-state index is 0.0704. The number of pyridine rings is 1. The van der Waals surface area contributed by atoms with Crippen molar-refractivity contribution in [3.63, 3.8) is 0 Å². The van der Waals surface area contributed by atoms with Gasteiger partial charge in [-0.05, 0) is 31.5 Å². The number of anilines is 1. The van der Waals surface area contributed by atoms with E-state index in [0.29, 0.717) is 12.6 Å². The van der Waals surface area contributed by atoms with E-state index in [9.17, 15) is 9.90 Å². The number of nitrogens with two attached hydrogens (primary N) is 1. The predicted molar refractivity (Wildman–Crippen MR) is 73.1 cm³/mol. The molecule has 0 spiro atoms. The second-order valence-corrected chi connectivity index (χ2v) is 4.73. The van der Waals surface area contributed by atoms with Crippen molar-refractivity contribution in [1.82, 2.24) is 10.3 Å². The van der Waals surface area contributed by atoms with E-state index in [4.69, 9.17) is 5.73 Å². The summed E-state index contributed by atoms with van der Waals surface area (Å²) in [6, 6.07) is 3.93. The third kappa shape index (κ3) is 3.65. The van der Waals surface area contributed by atoms with Gasteiger partial charge in [-0.2, -0.15) is 0 Å². The molecule has 1 saturated heterocycles. The summed E-state index contributed by atoms with van der Waals surface area (Å²) in [5.41, 5.74) is 6.36. The minimum Gasteiger partial charge on any atom is -0.395 e. The van der Waals surface area contributed by atoms with Crippen LogP contribution < -0.4 is 16.0 Å². The lowest BCUT2D eigenvalue weighted by atomic mass is 10.2. The molecule has 1 aromatic heterocycles. The summed E-state index contributed by atoms with van der Waals surface area (Å²) in [6.45, 7) is 2.45. The van der Waals surface area contributed by atoms with Gasteiger partial charge in [-0.3, -0.25) is 9.78 Å². The minimum atomic E-state index is -0.537. The van der Waals surface area contributed by atoms with Crippen molar-refractivity contribution >= 4 is 11.6 Å². The lowest BCUT2D eigenvalue weighted by Gasteiger charge is -2.27. The van der Waals surface area contributed by atoms with E-state index in [1.165, 1.54) is 6.42 Å². The molecule has 1 aromatic rings. The van der Waals surface area contributed by atoms with Crippen molar-refractivity contribution in [2.24, 2.45) is 5.73 Å². The van der Waals surface area contributed by atoms with Gasteiger partial charge in [0.25, 0.3) is 5.91 Å². The van der Waals surface area contributed by atoms with Crippen molar-refractivity contribution in [1.29, 1.82) is 0 Å². The first-order valence-electron chi connectivity index (χ1n) is 6.55. The Balaban J connectivity index is 2.12. The second-order valence-electron chi connectivity index (χ2n) is 4.73. The third-order valence-corrected chi connectivity index (χ3v) is 3.33. The molecule has 19 heavy (non-hydrogen) atoms. The maximum absolute atomic E-state index is 11.2. The molecule has 4 N–H and O–H groups in total. The summed E-state index contributed by atoms with van der Waals surface area (Å²) in [5.74, 6) is -0.537. The molecule has 6 nitrogen and oxygen atoms in total. The summed E-state index contributed by atoms with van der Waals surface area (Å²) in [4.78, 5) is 17.1. The molecule has 0 bridgehead atoms. The molecule has 0 aromatic carbocycles. The van der Waals surface area contributed by atoms with Crippen LogP contribution in [0.1, 0.15) is 23.3 Å². The van der Waals surface area contributed by atoms with E-state index in [0.717, 1.165) is 25.2 Å². The van der Waals surface area contributed by atoms with E-state index >= 15 is 0 Å². The number of carbonyl (C=O) groups excluding carboxylic acids is 1. The first-order chi connectivity index (χ1) is 9.20. The summed E-state index contributed by atoms with van der Waals surface area (Å²) in [5, 5.41) is 12.6. The van der Waals surface area contributed by atoms with Gasteiger partial charge >= 0.3 is 0 Å². The summed E-state index contributed by atoms with van der Waals surface area (Å²) >= 11 is 0. The molecule has 1 unspecified atom stereocenters. The van der Waals surface area contributed by atoms with Crippen LogP contribution in [-0.4, -0.2) is 48.3 Å². The van der Waals surface area contributed by atoms with Crippen LogP contribution in [0.25, 0.3) is 0 Å². The smallest absolute Gasteiger partial charge is 0.267 e. The SMILES string of the molecule is NC(=O)c1cc(N(CCO)CC2CCCN2)ccn1. The highest BCUT2D eigenvalue weighted by molar-refractivity contribution is 5.91. The van der Waals surface area contributed by atoms with E-state index in [1.807, 2.05) is 6.07 Å². The highest BCUT2D eigenvalue weighted by Crippen LogP contribution is 2.17. The Kier molecular flexibility index (Phi) is 4.70. The molecule has 104 valence electrons. The van der Waals surface area contributed by atoms with Crippen molar-refractivity contribution in [2.45, 2.75) is 18.9 Å². The Morgan fingerprint density at radius 1 is 1.63 bits per heavy atom. The van der Waals surface area contributed by atoms with Crippen molar-refractivity contribution < 1.29 is 9.90 Å². The lowest BCUT2D eigenvalue weighted by Crippen LogP contribution is -2.39. The monoisotopic (exact) mass is 264 g/mol. The predicted octanol–water partition coefficient (Wildman–Crippen LogP) is -0.269.